The molecular weight excluding hydrogens is 346 g/mol. The quantitative estimate of drug-likeness (QED) is 0.646. The fourth-order valence-electron chi connectivity index (χ4n) is 2.64. The first-order valence-corrected chi connectivity index (χ1v) is 8.83. The van der Waals surface area contributed by atoms with E-state index in [0.29, 0.717) is 43.2 Å². The molecular formula is C21H27NO5. The Bertz CT molecular complexity index is 743. The number of nitrogens with one attached hydrogen (secondary N) is 1. The van der Waals surface area contributed by atoms with Crippen LogP contribution in [0.1, 0.15) is 24.0 Å². The summed E-state index contributed by atoms with van der Waals surface area (Å²) in [5.74, 6) is 2.42. The molecule has 0 bridgehead atoms. The number of amides is 1. The van der Waals surface area contributed by atoms with Gasteiger partial charge in [0.1, 0.15) is 5.75 Å². The van der Waals surface area contributed by atoms with E-state index in [4.69, 9.17) is 18.9 Å². The van der Waals surface area contributed by atoms with Gasteiger partial charge in [-0.1, -0.05) is 17.7 Å². The average Bonchev–Trinajstić information content (AvgIpc) is 2.69. The molecule has 0 atom stereocenters. The van der Waals surface area contributed by atoms with Crippen molar-refractivity contribution in [2.45, 2.75) is 26.3 Å². The Balaban J connectivity index is 1.80. The number of methoxy groups -OCH3 is 3. The van der Waals surface area contributed by atoms with Crippen LogP contribution in [-0.2, 0) is 11.3 Å². The monoisotopic (exact) mass is 373 g/mol. The lowest BCUT2D eigenvalue weighted by Crippen LogP contribution is -2.23. The number of carbonyl (C=O) groups excluding carboxylic acids is 1. The third kappa shape index (κ3) is 5.81. The van der Waals surface area contributed by atoms with E-state index < -0.39 is 0 Å². The molecule has 0 heterocycles. The second-order valence-corrected chi connectivity index (χ2v) is 6.04. The van der Waals surface area contributed by atoms with E-state index in [-0.39, 0.29) is 5.91 Å². The molecule has 0 spiro atoms. The van der Waals surface area contributed by atoms with Gasteiger partial charge in [0.15, 0.2) is 11.5 Å². The van der Waals surface area contributed by atoms with Crippen molar-refractivity contribution in [3.63, 3.8) is 0 Å². The first kappa shape index (κ1) is 20.4. The molecule has 0 radical (unpaired) electrons. The summed E-state index contributed by atoms with van der Waals surface area (Å²) in [5, 5.41) is 2.90. The Labute approximate surface area is 160 Å². The van der Waals surface area contributed by atoms with E-state index >= 15 is 0 Å². The summed E-state index contributed by atoms with van der Waals surface area (Å²) in [5.41, 5.74) is 2.01. The van der Waals surface area contributed by atoms with Gasteiger partial charge >= 0.3 is 0 Å². The Morgan fingerprint density at radius 2 is 1.63 bits per heavy atom. The minimum absolute atomic E-state index is 0.0423. The van der Waals surface area contributed by atoms with Crippen LogP contribution in [-0.4, -0.2) is 33.8 Å². The second-order valence-electron chi connectivity index (χ2n) is 6.04. The SMILES string of the molecule is COc1ccc(CNC(=O)CCCOc2ccc(C)cc2)c(OC)c1OC. The molecule has 0 aliphatic heterocycles. The van der Waals surface area contributed by atoms with Crippen LogP contribution in [0.2, 0.25) is 0 Å². The largest absolute Gasteiger partial charge is 0.494 e. The highest BCUT2D eigenvalue weighted by atomic mass is 16.5. The van der Waals surface area contributed by atoms with Gasteiger partial charge in [0.05, 0.1) is 27.9 Å². The van der Waals surface area contributed by atoms with E-state index in [9.17, 15) is 4.79 Å². The zero-order valence-electron chi connectivity index (χ0n) is 16.3. The summed E-state index contributed by atoms with van der Waals surface area (Å²) in [6.07, 6.45) is 1.03. The van der Waals surface area contributed by atoms with Crippen LogP contribution >= 0.6 is 0 Å². The van der Waals surface area contributed by atoms with Gasteiger partial charge in [-0.3, -0.25) is 4.79 Å². The maximum Gasteiger partial charge on any atom is 0.220 e. The van der Waals surface area contributed by atoms with Crippen molar-refractivity contribution >= 4 is 5.91 Å². The molecule has 27 heavy (non-hydrogen) atoms. The zero-order chi connectivity index (χ0) is 19.6. The fourth-order valence-corrected chi connectivity index (χ4v) is 2.64. The van der Waals surface area contributed by atoms with Gasteiger partial charge in [0.25, 0.3) is 0 Å². The van der Waals surface area contributed by atoms with Crippen LogP contribution < -0.4 is 24.3 Å². The van der Waals surface area contributed by atoms with E-state index in [1.807, 2.05) is 37.3 Å². The molecule has 146 valence electrons. The number of benzene rings is 2. The maximum absolute atomic E-state index is 12.1. The Hall–Kier alpha value is -2.89. The van der Waals surface area contributed by atoms with Crippen molar-refractivity contribution in [2.24, 2.45) is 0 Å². The third-order valence-electron chi connectivity index (χ3n) is 4.10. The Morgan fingerprint density at radius 3 is 2.26 bits per heavy atom. The van der Waals surface area contributed by atoms with Crippen LogP contribution in [0.3, 0.4) is 0 Å². The predicted molar refractivity (Wildman–Crippen MR) is 104 cm³/mol. The number of ether oxygens (including phenoxy) is 4. The lowest BCUT2D eigenvalue weighted by atomic mass is 10.1. The van der Waals surface area contributed by atoms with Crippen molar-refractivity contribution in [3.8, 4) is 23.0 Å². The van der Waals surface area contributed by atoms with Gasteiger partial charge in [-0.15, -0.1) is 0 Å². The average molecular weight is 373 g/mol. The highest BCUT2D eigenvalue weighted by molar-refractivity contribution is 5.76. The molecule has 0 aromatic heterocycles. The molecule has 0 aliphatic carbocycles. The Kier molecular flexibility index (Phi) is 7.79. The zero-order valence-corrected chi connectivity index (χ0v) is 16.3. The predicted octanol–water partition coefficient (Wildman–Crippen LogP) is 3.50. The summed E-state index contributed by atoms with van der Waals surface area (Å²) in [6.45, 7) is 2.87. The van der Waals surface area contributed by atoms with Crippen LogP contribution in [0.4, 0.5) is 0 Å². The lowest BCUT2D eigenvalue weighted by molar-refractivity contribution is -0.121. The van der Waals surface area contributed by atoms with Crippen molar-refractivity contribution < 1.29 is 23.7 Å². The summed E-state index contributed by atoms with van der Waals surface area (Å²) in [6, 6.07) is 11.5. The highest BCUT2D eigenvalue weighted by Crippen LogP contribution is 2.39. The van der Waals surface area contributed by atoms with E-state index in [1.54, 1.807) is 27.4 Å². The van der Waals surface area contributed by atoms with Crippen molar-refractivity contribution in [3.05, 3.63) is 47.5 Å². The molecule has 0 unspecified atom stereocenters. The molecule has 2 rings (SSSR count). The van der Waals surface area contributed by atoms with Crippen LogP contribution in [0.15, 0.2) is 36.4 Å². The molecule has 0 saturated carbocycles. The van der Waals surface area contributed by atoms with E-state index in [2.05, 4.69) is 5.32 Å². The fraction of sp³-hybridized carbons (Fsp3) is 0.381. The van der Waals surface area contributed by atoms with E-state index in [0.717, 1.165) is 11.3 Å². The number of rotatable bonds is 10. The third-order valence-corrected chi connectivity index (χ3v) is 4.10. The molecule has 6 heteroatoms. The number of carbonyl (C=O) groups is 1. The maximum atomic E-state index is 12.1. The van der Waals surface area contributed by atoms with Gasteiger partial charge in [-0.2, -0.15) is 0 Å². The van der Waals surface area contributed by atoms with Gasteiger partial charge in [0, 0.05) is 18.5 Å². The number of hydrogen-bond acceptors (Lipinski definition) is 5. The summed E-state index contributed by atoms with van der Waals surface area (Å²) in [7, 11) is 4.68. The van der Waals surface area contributed by atoms with Crippen LogP contribution in [0.25, 0.3) is 0 Å². The number of aryl methyl sites for hydroxylation is 1. The molecule has 2 aromatic rings. The summed E-state index contributed by atoms with van der Waals surface area (Å²) >= 11 is 0. The summed E-state index contributed by atoms with van der Waals surface area (Å²) in [4.78, 5) is 12.1. The lowest BCUT2D eigenvalue weighted by Gasteiger charge is -2.16. The van der Waals surface area contributed by atoms with Gasteiger partial charge < -0.3 is 24.3 Å². The van der Waals surface area contributed by atoms with Crippen molar-refractivity contribution in [1.82, 2.24) is 5.32 Å². The molecule has 2 aromatic carbocycles. The standard InChI is InChI=1S/C21H27NO5/c1-15-7-10-17(11-8-15)27-13-5-6-19(23)22-14-16-9-12-18(24-2)21(26-4)20(16)25-3/h7-12H,5-6,13-14H2,1-4H3,(H,22,23). The number of hydrogen-bond donors (Lipinski definition) is 1. The smallest absolute Gasteiger partial charge is 0.220 e. The highest BCUT2D eigenvalue weighted by Gasteiger charge is 2.16. The molecule has 6 nitrogen and oxygen atoms in total. The van der Waals surface area contributed by atoms with E-state index in [1.165, 1.54) is 5.56 Å². The minimum atomic E-state index is -0.0423. The first-order valence-electron chi connectivity index (χ1n) is 8.83. The molecule has 1 amide bonds. The van der Waals surface area contributed by atoms with Gasteiger partial charge in [-0.25, -0.2) is 0 Å². The first-order chi connectivity index (χ1) is 13.1. The minimum Gasteiger partial charge on any atom is -0.494 e. The normalized spacial score (nSPS) is 10.2. The molecule has 1 N–H and O–H groups in total. The second kappa shape index (κ2) is 10.3. The van der Waals surface area contributed by atoms with Gasteiger partial charge in [-0.05, 0) is 37.6 Å². The topological polar surface area (TPSA) is 66.0 Å². The van der Waals surface area contributed by atoms with Crippen LogP contribution in [0.5, 0.6) is 23.0 Å². The van der Waals surface area contributed by atoms with Gasteiger partial charge in [0.2, 0.25) is 11.7 Å². The summed E-state index contributed by atoms with van der Waals surface area (Å²) < 4.78 is 21.7. The van der Waals surface area contributed by atoms with Crippen molar-refractivity contribution in [1.29, 1.82) is 0 Å². The van der Waals surface area contributed by atoms with Crippen LogP contribution in [0, 0.1) is 6.92 Å². The molecule has 0 aliphatic rings. The van der Waals surface area contributed by atoms with Crippen molar-refractivity contribution in [2.75, 3.05) is 27.9 Å². The molecule has 0 fully saturated rings. The Morgan fingerprint density at radius 1 is 0.926 bits per heavy atom. The molecule has 0 saturated heterocycles.